The maximum absolute atomic E-state index is 11.4. The van der Waals surface area contributed by atoms with E-state index in [1.54, 1.807) is 6.92 Å². The summed E-state index contributed by atoms with van der Waals surface area (Å²) in [5, 5.41) is 19.4. The Labute approximate surface area is 88.5 Å². The number of nitrogens with two attached hydrogens (primary N) is 1. The van der Waals surface area contributed by atoms with Gasteiger partial charge in [-0.1, -0.05) is 20.3 Å². The predicted octanol–water partition coefficient (Wildman–Crippen LogP) is -1.08. The van der Waals surface area contributed by atoms with Crippen LogP contribution in [0.2, 0.25) is 0 Å². The van der Waals surface area contributed by atoms with Crippen LogP contribution >= 0.6 is 0 Å². The Morgan fingerprint density at radius 1 is 1.47 bits per heavy atom. The number of carbonyl (C=O) groups is 2. The summed E-state index contributed by atoms with van der Waals surface area (Å²) in [6, 6.07) is -2.03. The van der Waals surface area contributed by atoms with Crippen molar-refractivity contribution in [1.29, 1.82) is 0 Å². The number of carboxylic acids is 1. The third kappa shape index (κ3) is 4.26. The van der Waals surface area contributed by atoms with Gasteiger partial charge < -0.3 is 21.3 Å². The third-order valence-electron chi connectivity index (χ3n) is 2.36. The summed E-state index contributed by atoms with van der Waals surface area (Å²) in [5.41, 5.74) is 5.59. The Bertz CT molecular complexity index is 232. The van der Waals surface area contributed by atoms with Crippen LogP contribution in [-0.2, 0) is 9.59 Å². The van der Waals surface area contributed by atoms with Crippen LogP contribution in [0.1, 0.15) is 20.3 Å². The highest BCUT2D eigenvalue weighted by atomic mass is 16.4. The first-order chi connectivity index (χ1) is 6.93. The summed E-state index contributed by atoms with van der Waals surface area (Å²) in [4.78, 5) is 21.9. The Morgan fingerprint density at radius 3 is 2.33 bits per heavy atom. The second-order valence-electron chi connectivity index (χ2n) is 3.49. The monoisotopic (exact) mass is 218 g/mol. The van der Waals surface area contributed by atoms with Gasteiger partial charge in [0.1, 0.15) is 6.04 Å². The molecule has 0 aliphatic rings. The fourth-order valence-electron chi connectivity index (χ4n) is 0.966. The number of aliphatic carboxylic acids is 1. The quantitative estimate of drug-likeness (QED) is 0.453. The van der Waals surface area contributed by atoms with Crippen LogP contribution < -0.4 is 11.1 Å². The SMILES string of the molecule is CCC(C)[C@H](N)C(=O)N[C@@H](CO)C(=O)O. The van der Waals surface area contributed by atoms with Gasteiger partial charge >= 0.3 is 5.97 Å². The van der Waals surface area contributed by atoms with E-state index in [1.165, 1.54) is 0 Å². The van der Waals surface area contributed by atoms with Gasteiger partial charge in [0.15, 0.2) is 0 Å². The molecule has 0 spiro atoms. The van der Waals surface area contributed by atoms with E-state index >= 15 is 0 Å². The Morgan fingerprint density at radius 2 is 2.00 bits per heavy atom. The topological polar surface area (TPSA) is 113 Å². The van der Waals surface area contributed by atoms with E-state index in [0.717, 1.165) is 6.42 Å². The first-order valence-electron chi connectivity index (χ1n) is 4.83. The van der Waals surface area contributed by atoms with Crippen molar-refractivity contribution in [3.63, 3.8) is 0 Å². The first kappa shape index (κ1) is 13.9. The lowest BCUT2D eigenvalue weighted by molar-refractivity contribution is -0.143. The molecule has 0 saturated heterocycles. The molecule has 6 heteroatoms. The van der Waals surface area contributed by atoms with Gasteiger partial charge in [-0.15, -0.1) is 0 Å². The number of rotatable bonds is 6. The maximum Gasteiger partial charge on any atom is 0.328 e. The molecule has 6 nitrogen and oxygen atoms in total. The minimum absolute atomic E-state index is 0.0295. The number of nitrogens with one attached hydrogen (secondary N) is 1. The smallest absolute Gasteiger partial charge is 0.328 e. The molecule has 0 aromatic rings. The summed E-state index contributed by atoms with van der Waals surface area (Å²) in [6.07, 6.45) is 0.728. The highest BCUT2D eigenvalue weighted by molar-refractivity contribution is 5.87. The molecule has 0 aromatic carbocycles. The molecular formula is C9H18N2O4. The van der Waals surface area contributed by atoms with Crippen LogP contribution in [0.4, 0.5) is 0 Å². The normalized spacial score (nSPS) is 16.5. The lowest BCUT2D eigenvalue weighted by Crippen LogP contribution is -2.51. The van der Waals surface area contributed by atoms with E-state index in [1.807, 2.05) is 6.92 Å². The molecule has 3 atom stereocenters. The minimum Gasteiger partial charge on any atom is -0.480 e. The molecule has 1 amide bonds. The molecule has 88 valence electrons. The number of aliphatic hydroxyl groups is 1. The van der Waals surface area contributed by atoms with Crippen LogP contribution in [0.15, 0.2) is 0 Å². The molecule has 0 bridgehead atoms. The predicted molar refractivity (Wildman–Crippen MR) is 54.1 cm³/mol. The largest absolute Gasteiger partial charge is 0.480 e. The standard InChI is InChI=1S/C9H18N2O4/c1-3-5(2)7(10)8(13)11-6(4-12)9(14)15/h5-7,12H,3-4,10H2,1-2H3,(H,11,13)(H,14,15)/t5?,6-,7-/m0/s1. The fraction of sp³-hybridized carbons (Fsp3) is 0.778. The van der Waals surface area contributed by atoms with Gasteiger partial charge in [-0.3, -0.25) is 4.79 Å². The molecule has 0 aliphatic carbocycles. The zero-order valence-corrected chi connectivity index (χ0v) is 8.93. The zero-order chi connectivity index (χ0) is 12.0. The summed E-state index contributed by atoms with van der Waals surface area (Å²) >= 11 is 0. The Hall–Kier alpha value is -1.14. The van der Waals surface area contributed by atoms with Crippen molar-refractivity contribution in [3.8, 4) is 0 Å². The van der Waals surface area contributed by atoms with E-state index in [4.69, 9.17) is 15.9 Å². The van der Waals surface area contributed by atoms with Crippen molar-refractivity contribution in [2.24, 2.45) is 11.7 Å². The lowest BCUT2D eigenvalue weighted by atomic mass is 9.99. The van der Waals surface area contributed by atoms with Gasteiger partial charge in [-0.2, -0.15) is 0 Å². The molecular weight excluding hydrogens is 200 g/mol. The summed E-state index contributed by atoms with van der Waals surface area (Å²) < 4.78 is 0. The number of amides is 1. The van der Waals surface area contributed by atoms with E-state index in [0.29, 0.717) is 0 Å². The van der Waals surface area contributed by atoms with E-state index in [9.17, 15) is 9.59 Å². The summed E-state index contributed by atoms with van der Waals surface area (Å²) in [6.45, 7) is 3.05. The number of carbonyl (C=O) groups excluding carboxylic acids is 1. The molecule has 0 aromatic heterocycles. The van der Waals surface area contributed by atoms with Gasteiger partial charge in [-0.05, 0) is 5.92 Å². The minimum atomic E-state index is -1.28. The average Bonchev–Trinajstić information content (AvgIpc) is 2.22. The third-order valence-corrected chi connectivity index (χ3v) is 2.36. The number of aliphatic hydroxyl groups excluding tert-OH is 1. The molecule has 0 fully saturated rings. The van der Waals surface area contributed by atoms with Crippen molar-refractivity contribution in [2.75, 3.05) is 6.61 Å². The van der Waals surface area contributed by atoms with Gasteiger partial charge in [0.05, 0.1) is 12.6 Å². The number of hydrogen-bond acceptors (Lipinski definition) is 4. The van der Waals surface area contributed by atoms with Crippen LogP contribution in [0.3, 0.4) is 0 Å². The second-order valence-corrected chi connectivity index (χ2v) is 3.49. The molecule has 0 saturated carbocycles. The highest BCUT2D eigenvalue weighted by Gasteiger charge is 2.24. The van der Waals surface area contributed by atoms with Crippen molar-refractivity contribution < 1.29 is 19.8 Å². The van der Waals surface area contributed by atoms with Crippen LogP contribution in [-0.4, -0.2) is 40.8 Å². The zero-order valence-electron chi connectivity index (χ0n) is 8.93. The molecule has 15 heavy (non-hydrogen) atoms. The average molecular weight is 218 g/mol. The van der Waals surface area contributed by atoms with Crippen molar-refractivity contribution in [3.05, 3.63) is 0 Å². The first-order valence-corrected chi connectivity index (χ1v) is 4.83. The summed E-state index contributed by atoms with van der Waals surface area (Å²) in [7, 11) is 0. The molecule has 0 radical (unpaired) electrons. The van der Waals surface area contributed by atoms with Crippen LogP contribution in [0.25, 0.3) is 0 Å². The van der Waals surface area contributed by atoms with E-state index in [2.05, 4.69) is 5.32 Å². The van der Waals surface area contributed by atoms with Crippen molar-refractivity contribution in [1.82, 2.24) is 5.32 Å². The van der Waals surface area contributed by atoms with Gasteiger partial charge in [-0.25, -0.2) is 4.79 Å². The highest BCUT2D eigenvalue weighted by Crippen LogP contribution is 2.05. The van der Waals surface area contributed by atoms with Crippen LogP contribution in [0.5, 0.6) is 0 Å². The van der Waals surface area contributed by atoms with Gasteiger partial charge in [0.2, 0.25) is 5.91 Å². The summed E-state index contributed by atoms with van der Waals surface area (Å²) in [5.74, 6) is -1.86. The second kappa shape index (κ2) is 6.36. The number of carboxylic acid groups (broad SMARTS) is 1. The van der Waals surface area contributed by atoms with Crippen molar-refractivity contribution >= 4 is 11.9 Å². The number of hydrogen-bond donors (Lipinski definition) is 4. The maximum atomic E-state index is 11.4. The molecule has 5 N–H and O–H groups in total. The van der Waals surface area contributed by atoms with Crippen LogP contribution in [0, 0.1) is 5.92 Å². The van der Waals surface area contributed by atoms with E-state index in [-0.39, 0.29) is 5.92 Å². The van der Waals surface area contributed by atoms with Gasteiger partial charge in [0.25, 0.3) is 0 Å². The van der Waals surface area contributed by atoms with E-state index < -0.39 is 30.6 Å². The molecule has 0 heterocycles. The molecule has 0 rings (SSSR count). The van der Waals surface area contributed by atoms with Crippen molar-refractivity contribution in [2.45, 2.75) is 32.4 Å². The van der Waals surface area contributed by atoms with Gasteiger partial charge in [0, 0.05) is 0 Å². The Balaban J connectivity index is 4.28. The molecule has 0 aliphatic heterocycles. The lowest BCUT2D eigenvalue weighted by Gasteiger charge is -2.20. The Kier molecular flexibility index (Phi) is 5.88. The molecule has 1 unspecified atom stereocenters. The fourth-order valence-corrected chi connectivity index (χ4v) is 0.966.